The summed E-state index contributed by atoms with van der Waals surface area (Å²) in [6, 6.07) is 19.0. The lowest BCUT2D eigenvalue weighted by Crippen LogP contribution is -2.19. The van der Waals surface area contributed by atoms with Crippen LogP contribution in [0.25, 0.3) is 17.7 Å². The maximum absolute atomic E-state index is 2.26. The van der Waals surface area contributed by atoms with Crippen molar-refractivity contribution in [2.24, 2.45) is 0 Å². The van der Waals surface area contributed by atoms with Gasteiger partial charge in [0.1, 0.15) is 0 Å². The maximum Gasteiger partial charge on any atom is -0.0178 e. The molecule has 1 aliphatic rings. The summed E-state index contributed by atoms with van der Waals surface area (Å²) in [7, 11) is 0. The standard InChI is InChI=1S/C17H14/c1-13(14-7-3-2-4-8-14)17-11-15-9-5-6-10-16(15)12-17/h2-12H,1H3. The first-order valence-corrected chi connectivity index (χ1v) is 5.89. The molecule has 3 rings (SSSR count). The van der Waals surface area contributed by atoms with E-state index in [9.17, 15) is 0 Å². The fraction of sp³-hybridized carbons (Fsp3) is 0.0588. The van der Waals surface area contributed by atoms with Gasteiger partial charge in [-0.2, -0.15) is 0 Å². The predicted molar refractivity (Wildman–Crippen MR) is 73.7 cm³/mol. The Labute approximate surface area is 101 Å². The van der Waals surface area contributed by atoms with Crippen LogP contribution < -0.4 is 10.4 Å². The molecule has 2 aromatic carbocycles. The molecular weight excluding hydrogens is 204 g/mol. The number of hydrogen-bond acceptors (Lipinski definition) is 0. The lowest BCUT2D eigenvalue weighted by atomic mass is 10.0. The molecule has 0 heteroatoms. The first-order chi connectivity index (χ1) is 8.34. The van der Waals surface area contributed by atoms with Crippen molar-refractivity contribution in [3.63, 3.8) is 0 Å². The van der Waals surface area contributed by atoms with Gasteiger partial charge in [-0.3, -0.25) is 0 Å². The van der Waals surface area contributed by atoms with E-state index >= 15 is 0 Å². The Kier molecular flexibility index (Phi) is 2.41. The smallest absolute Gasteiger partial charge is 0.0178 e. The van der Waals surface area contributed by atoms with E-state index in [0.717, 1.165) is 0 Å². The van der Waals surface area contributed by atoms with Crippen molar-refractivity contribution >= 4 is 17.7 Å². The Morgan fingerprint density at radius 3 is 1.82 bits per heavy atom. The molecule has 0 radical (unpaired) electrons. The Balaban J connectivity index is 2.17. The van der Waals surface area contributed by atoms with Crippen molar-refractivity contribution in [3.8, 4) is 0 Å². The Hall–Kier alpha value is -2.08. The highest BCUT2D eigenvalue weighted by molar-refractivity contribution is 5.87. The average Bonchev–Trinajstić information content (AvgIpc) is 2.82. The summed E-state index contributed by atoms with van der Waals surface area (Å²) in [5, 5.41) is 2.63. The van der Waals surface area contributed by atoms with Gasteiger partial charge < -0.3 is 0 Å². The van der Waals surface area contributed by atoms with Crippen LogP contribution in [-0.2, 0) is 0 Å². The van der Waals surface area contributed by atoms with Crippen LogP contribution in [-0.4, -0.2) is 0 Å². The van der Waals surface area contributed by atoms with E-state index in [1.54, 1.807) is 0 Å². The van der Waals surface area contributed by atoms with E-state index in [1.165, 1.54) is 27.1 Å². The molecule has 0 N–H and O–H groups in total. The van der Waals surface area contributed by atoms with Crippen LogP contribution in [0.15, 0.2) is 60.2 Å². The topological polar surface area (TPSA) is 0 Å². The second kappa shape index (κ2) is 4.06. The first-order valence-electron chi connectivity index (χ1n) is 5.89. The molecule has 0 aromatic heterocycles. The second-order valence-corrected chi connectivity index (χ2v) is 4.36. The summed E-state index contributed by atoms with van der Waals surface area (Å²) in [4.78, 5) is 0. The van der Waals surface area contributed by atoms with Gasteiger partial charge in [0.05, 0.1) is 0 Å². The van der Waals surface area contributed by atoms with Crippen LogP contribution in [0.5, 0.6) is 0 Å². The molecule has 0 fully saturated rings. The van der Waals surface area contributed by atoms with Gasteiger partial charge in [0.2, 0.25) is 0 Å². The van der Waals surface area contributed by atoms with Gasteiger partial charge in [-0.25, -0.2) is 0 Å². The fourth-order valence-corrected chi connectivity index (χ4v) is 2.22. The molecule has 82 valence electrons. The molecule has 0 atom stereocenters. The zero-order valence-corrected chi connectivity index (χ0v) is 9.85. The van der Waals surface area contributed by atoms with Crippen molar-refractivity contribution in [3.05, 3.63) is 76.2 Å². The molecule has 0 nitrogen and oxygen atoms in total. The predicted octanol–water partition coefficient (Wildman–Crippen LogP) is 2.73. The van der Waals surface area contributed by atoms with Gasteiger partial charge >= 0.3 is 0 Å². The maximum atomic E-state index is 2.26. The highest BCUT2D eigenvalue weighted by atomic mass is 14.1. The third kappa shape index (κ3) is 1.83. The quantitative estimate of drug-likeness (QED) is 0.690. The molecule has 0 saturated carbocycles. The van der Waals surface area contributed by atoms with Crippen molar-refractivity contribution in [1.82, 2.24) is 0 Å². The highest BCUT2D eigenvalue weighted by Crippen LogP contribution is 2.20. The number of benzene rings is 2. The summed E-state index contributed by atoms with van der Waals surface area (Å²) in [6.07, 6.45) is 4.52. The van der Waals surface area contributed by atoms with Gasteiger partial charge in [0.25, 0.3) is 0 Å². The molecule has 0 amide bonds. The number of rotatable bonds is 1. The van der Waals surface area contributed by atoms with Crippen LogP contribution in [0, 0.1) is 0 Å². The van der Waals surface area contributed by atoms with Crippen LogP contribution in [0.4, 0.5) is 0 Å². The van der Waals surface area contributed by atoms with Gasteiger partial charge in [0, 0.05) is 0 Å². The van der Waals surface area contributed by atoms with E-state index in [1.807, 2.05) is 0 Å². The second-order valence-electron chi connectivity index (χ2n) is 4.36. The molecule has 0 aliphatic heterocycles. The summed E-state index contributed by atoms with van der Waals surface area (Å²) in [5.41, 5.74) is 3.95. The third-order valence-electron chi connectivity index (χ3n) is 3.26. The van der Waals surface area contributed by atoms with E-state index in [0.29, 0.717) is 0 Å². The van der Waals surface area contributed by atoms with E-state index < -0.39 is 0 Å². The molecule has 0 bridgehead atoms. The van der Waals surface area contributed by atoms with Gasteiger partial charge in [0.15, 0.2) is 0 Å². The zero-order chi connectivity index (χ0) is 11.7. The molecule has 1 aliphatic carbocycles. The molecule has 2 aromatic rings. The zero-order valence-electron chi connectivity index (χ0n) is 9.85. The molecule has 0 spiro atoms. The van der Waals surface area contributed by atoms with Crippen molar-refractivity contribution in [2.75, 3.05) is 0 Å². The number of fused-ring (bicyclic) bond motifs is 1. The SMILES string of the molecule is CC(=C1C=c2ccccc2=C1)c1ccccc1. The lowest BCUT2D eigenvalue weighted by Gasteiger charge is -2.03. The minimum absolute atomic E-state index is 1.29. The van der Waals surface area contributed by atoms with E-state index in [2.05, 4.69) is 73.7 Å². The largest absolute Gasteiger partial charge is 0.0622 e. The number of allylic oxidation sites excluding steroid dienone is 2. The van der Waals surface area contributed by atoms with Crippen molar-refractivity contribution < 1.29 is 0 Å². The van der Waals surface area contributed by atoms with Crippen molar-refractivity contribution in [1.29, 1.82) is 0 Å². The van der Waals surface area contributed by atoms with Crippen LogP contribution in [0.3, 0.4) is 0 Å². The normalized spacial score (nSPS) is 12.6. The Morgan fingerprint density at radius 2 is 1.24 bits per heavy atom. The van der Waals surface area contributed by atoms with Gasteiger partial charge in [-0.1, -0.05) is 54.6 Å². The molecule has 0 unspecified atom stereocenters. The molecule has 17 heavy (non-hydrogen) atoms. The molecular formula is C17H14. The number of hydrogen-bond donors (Lipinski definition) is 0. The van der Waals surface area contributed by atoms with Crippen LogP contribution >= 0.6 is 0 Å². The highest BCUT2D eigenvalue weighted by Gasteiger charge is 2.03. The first kappa shape index (κ1) is 10.1. The minimum atomic E-state index is 1.29. The Morgan fingerprint density at radius 1 is 0.706 bits per heavy atom. The summed E-state index contributed by atoms with van der Waals surface area (Å²) in [5.74, 6) is 0. The summed E-state index contributed by atoms with van der Waals surface area (Å²) < 4.78 is 0. The van der Waals surface area contributed by atoms with Gasteiger partial charge in [-0.05, 0) is 46.2 Å². The average molecular weight is 218 g/mol. The minimum Gasteiger partial charge on any atom is -0.0622 e. The van der Waals surface area contributed by atoms with Gasteiger partial charge in [-0.15, -0.1) is 0 Å². The molecule has 0 saturated heterocycles. The van der Waals surface area contributed by atoms with E-state index in [4.69, 9.17) is 0 Å². The van der Waals surface area contributed by atoms with Crippen molar-refractivity contribution in [2.45, 2.75) is 6.92 Å². The summed E-state index contributed by atoms with van der Waals surface area (Å²) >= 11 is 0. The summed E-state index contributed by atoms with van der Waals surface area (Å²) in [6.45, 7) is 2.18. The van der Waals surface area contributed by atoms with Crippen LogP contribution in [0.1, 0.15) is 12.5 Å². The van der Waals surface area contributed by atoms with E-state index in [-0.39, 0.29) is 0 Å². The monoisotopic (exact) mass is 218 g/mol. The third-order valence-corrected chi connectivity index (χ3v) is 3.26. The molecule has 0 heterocycles. The lowest BCUT2D eigenvalue weighted by molar-refractivity contribution is 1.55. The van der Waals surface area contributed by atoms with Crippen LogP contribution in [0.2, 0.25) is 0 Å². The Bertz CT molecular complexity index is 651. The fourth-order valence-electron chi connectivity index (χ4n) is 2.22.